The predicted octanol–water partition coefficient (Wildman–Crippen LogP) is 2.47. The molecule has 0 saturated carbocycles. The number of para-hydroxylation sites is 1. The molecule has 0 aliphatic carbocycles. The van der Waals surface area contributed by atoms with E-state index in [9.17, 15) is 19.3 Å². The van der Waals surface area contributed by atoms with Gasteiger partial charge in [-0.15, -0.1) is 0 Å². The van der Waals surface area contributed by atoms with E-state index in [1.165, 1.54) is 31.3 Å². The van der Waals surface area contributed by atoms with Gasteiger partial charge in [-0.25, -0.2) is 18.5 Å². The van der Waals surface area contributed by atoms with E-state index in [0.717, 1.165) is 17.4 Å². The van der Waals surface area contributed by atoms with E-state index >= 15 is 4.39 Å². The maximum absolute atomic E-state index is 15.5. The number of aliphatic imine (C=N–C) groups is 1. The average Bonchev–Trinajstić information content (AvgIpc) is 3.05. The number of anilines is 1. The Morgan fingerprint density at radius 1 is 1.35 bits per heavy atom. The molecule has 3 rings (SSSR count). The largest absolute Gasteiger partial charge is 0.461 e. The summed E-state index contributed by atoms with van der Waals surface area (Å²) in [5.41, 5.74) is 2.16. The van der Waals surface area contributed by atoms with Crippen LogP contribution in [0.25, 0.3) is 0 Å². The Bertz CT molecular complexity index is 1220. The number of carbonyl (C=O) groups excluding carboxylic acids is 1. The normalized spacial score (nSPS) is 26.2. The van der Waals surface area contributed by atoms with Crippen LogP contribution >= 0.6 is 7.60 Å². The highest BCUT2D eigenvalue weighted by molar-refractivity contribution is 7.70. The third kappa shape index (κ3) is 7.01. The lowest BCUT2D eigenvalue weighted by Crippen LogP contribution is -2.43. The van der Waals surface area contributed by atoms with Crippen LogP contribution in [0, 0.1) is 0 Å². The number of aliphatic hydroxyl groups is 1. The van der Waals surface area contributed by atoms with E-state index in [0.29, 0.717) is 0 Å². The molecule has 14 heteroatoms. The summed E-state index contributed by atoms with van der Waals surface area (Å²) in [7, 11) is -4.21. The van der Waals surface area contributed by atoms with Gasteiger partial charge in [0.2, 0.25) is 0 Å². The van der Waals surface area contributed by atoms with Crippen molar-refractivity contribution >= 4 is 25.3 Å². The van der Waals surface area contributed by atoms with Gasteiger partial charge >= 0.3 is 19.3 Å². The molecule has 0 bridgehead atoms. The molecular weight excluding hydrogens is 510 g/mol. The molecule has 2 heterocycles. The van der Waals surface area contributed by atoms with Gasteiger partial charge in [0.1, 0.15) is 35.8 Å². The van der Waals surface area contributed by atoms with Gasteiger partial charge in [0.05, 0.1) is 12.7 Å². The zero-order chi connectivity index (χ0) is 27.4. The molecule has 1 aromatic heterocycles. The van der Waals surface area contributed by atoms with Crippen LogP contribution < -0.4 is 15.9 Å². The molecule has 3 N–H and O–H groups in total. The second-order valence-corrected chi connectivity index (χ2v) is 10.6. The molecule has 0 spiro atoms. The van der Waals surface area contributed by atoms with Gasteiger partial charge in [-0.3, -0.25) is 14.1 Å². The Morgan fingerprint density at radius 3 is 2.65 bits per heavy atom. The topological polar surface area (TPSA) is 165 Å². The summed E-state index contributed by atoms with van der Waals surface area (Å²) < 4.78 is 51.5. The Hall–Kier alpha value is -3.12. The first-order valence-electron chi connectivity index (χ1n) is 11.4. The molecule has 202 valence electrons. The molecular formula is C23H30FN4O8P. The number of carbonyl (C=O) groups is 1. The summed E-state index contributed by atoms with van der Waals surface area (Å²) in [6.45, 7) is 5.24. The lowest BCUT2D eigenvalue weighted by molar-refractivity contribution is -0.148. The summed E-state index contributed by atoms with van der Waals surface area (Å²) in [6.07, 6.45) is -3.87. The quantitative estimate of drug-likeness (QED) is 0.260. The molecule has 12 nitrogen and oxygen atoms in total. The molecule has 37 heavy (non-hydrogen) atoms. The van der Waals surface area contributed by atoms with Crippen LogP contribution in [-0.2, 0) is 23.4 Å². The fourth-order valence-electron chi connectivity index (χ4n) is 3.42. The van der Waals surface area contributed by atoms with Gasteiger partial charge < -0.3 is 24.8 Å². The maximum atomic E-state index is 15.5. The standard InChI is InChI=1S/C23H30FN4O8P/c1-14(2)34-20(30)15(3)26-13-37(32,36-16-8-6-5-7-9-16)33-12-17-19(29)23(4,24)21(35-17)28-11-10-18(25)27-22(28)31/h5-11,13-15,17,19,21,29H,12H2,1-4H3,(H2,25,27,31)/t15-,17+,19+,21+,23+,37?/m0/s1. The van der Waals surface area contributed by atoms with Crippen LogP contribution in [0.3, 0.4) is 0 Å². The fourth-order valence-corrected chi connectivity index (χ4v) is 4.72. The summed E-state index contributed by atoms with van der Waals surface area (Å²) >= 11 is 0. The number of hydrogen-bond acceptors (Lipinski definition) is 11. The van der Waals surface area contributed by atoms with Crippen LogP contribution in [0.2, 0.25) is 0 Å². The maximum Gasteiger partial charge on any atom is 0.421 e. The summed E-state index contributed by atoms with van der Waals surface area (Å²) in [5.74, 6) is 0.319. The number of hydrogen-bond donors (Lipinski definition) is 2. The number of rotatable bonds is 10. The number of nitrogens with zero attached hydrogens (tertiary/aromatic N) is 3. The van der Waals surface area contributed by atoms with Crippen molar-refractivity contribution in [3.63, 3.8) is 0 Å². The fraction of sp³-hybridized carbons (Fsp3) is 0.478. The first-order chi connectivity index (χ1) is 17.3. The van der Waals surface area contributed by atoms with Gasteiger partial charge in [-0.2, -0.15) is 4.98 Å². The minimum absolute atomic E-state index is 0.0648. The third-order valence-electron chi connectivity index (χ3n) is 5.34. The van der Waals surface area contributed by atoms with Crippen LogP contribution in [0.1, 0.15) is 33.9 Å². The van der Waals surface area contributed by atoms with Crippen LogP contribution in [0.5, 0.6) is 5.75 Å². The summed E-state index contributed by atoms with van der Waals surface area (Å²) in [6, 6.07) is 8.31. The molecule has 1 fully saturated rings. The van der Waals surface area contributed by atoms with Gasteiger partial charge in [0.25, 0.3) is 0 Å². The smallest absolute Gasteiger partial charge is 0.421 e. The van der Waals surface area contributed by atoms with E-state index in [-0.39, 0.29) is 17.7 Å². The predicted molar refractivity (Wildman–Crippen MR) is 132 cm³/mol. The Labute approximate surface area is 212 Å². The lowest BCUT2D eigenvalue weighted by Gasteiger charge is -2.24. The van der Waals surface area contributed by atoms with Crippen molar-refractivity contribution in [3.05, 3.63) is 53.1 Å². The number of nitrogens with two attached hydrogens (primary N) is 1. The number of esters is 1. The van der Waals surface area contributed by atoms with Crippen LogP contribution in [-0.4, -0.2) is 63.2 Å². The van der Waals surface area contributed by atoms with Crippen molar-refractivity contribution in [1.29, 1.82) is 0 Å². The minimum Gasteiger partial charge on any atom is -0.461 e. The zero-order valence-electron chi connectivity index (χ0n) is 20.8. The SMILES string of the molecule is CC(C)OC(=O)[C@H](C)N=CP(=O)(OC[C@H]1O[C@@H](n2ccc(N)nc2=O)[C@](C)(F)[C@@H]1O)Oc1ccccc1. The van der Waals surface area contributed by atoms with E-state index < -0.39 is 56.0 Å². The van der Waals surface area contributed by atoms with Crippen molar-refractivity contribution in [3.8, 4) is 5.75 Å². The highest BCUT2D eigenvalue weighted by atomic mass is 31.2. The van der Waals surface area contributed by atoms with Gasteiger partial charge in [-0.1, -0.05) is 18.2 Å². The Morgan fingerprint density at radius 2 is 2.03 bits per heavy atom. The molecule has 6 atom stereocenters. The number of alkyl halides is 1. The van der Waals surface area contributed by atoms with E-state index in [4.69, 9.17) is 24.3 Å². The monoisotopic (exact) mass is 540 g/mol. The lowest BCUT2D eigenvalue weighted by atomic mass is 9.98. The average molecular weight is 540 g/mol. The minimum atomic E-state index is -4.21. The van der Waals surface area contributed by atoms with Gasteiger partial charge in [0, 0.05) is 6.20 Å². The van der Waals surface area contributed by atoms with Crippen molar-refractivity contribution in [2.45, 2.75) is 63.9 Å². The number of benzene rings is 1. The third-order valence-corrected chi connectivity index (χ3v) is 6.73. The van der Waals surface area contributed by atoms with Crippen molar-refractivity contribution < 1.29 is 37.4 Å². The zero-order valence-corrected chi connectivity index (χ0v) is 21.7. The molecule has 1 aliphatic heterocycles. The molecule has 0 amide bonds. The first-order valence-corrected chi connectivity index (χ1v) is 13.0. The summed E-state index contributed by atoms with van der Waals surface area (Å²) in [4.78, 5) is 31.8. The van der Waals surface area contributed by atoms with Crippen molar-refractivity contribution in [1.82, 2.24) is 9.55 Å². The van der Waals surface area contributed by atoms with E-state index in [1.54, 1.807) is 32.0 Å². The molecule has 1 aliphatic rings. The van der Waals surface area contributed by atoms with E-state index in [2.05, 4.69) is 9.98 Å². The van der Waals surface area contributed by atoms with Crippen LogP contribution in [0.4, 0.5) is 10.2 Å². The molecule has 2 aromatic rings. The highest BCUT2D eigenvalue weighted by Gasteiger charge is 2.55. The second-order valence-electron chi connectivity index (χ2n) is 8.83. The highest BCUT2D eigenvalue weighted by Crippen LogP contribution is 2.48. The van der Waals surface area contributed by atoms with Crippen molar-refractivity contribution in [2.75, 3.05) is 12.3 Å². The number of aromatic nitrogens is 2. The molecule has 1 unspecified atom stereocenters. The number of ether oxygens (including phenoxy) is 2. The van der Waals surface area contributed by atoms with E-state index in [1.807, 2.05) is 0 Å². The Kier molecular flexibility index (Phi) is 8.85. The number of halogens is 1. The van der Waals surface area contributed by atoms with Crippen molar-refractivity contribution in [2.24, 2.45) is 4.99 Å². The summed E-state index contributed by atoms with van der Waals surface area (Å²) in [5, 5.41) is 10.6. The molecule has 1 aromatic carbocycles. The van der Waals surface area contributed by atoms with Crippen LogP contribution in [0.15, 0.2) is 52.4 Å². The number of aliphatic hydroxyl groups excluding tert-OH is 1. The Balaban J connectivity index is 1.80. The van der Waals surface area contributed by atoms with Gasteiger partial charge in [0.15, 0.2) is 11.9 Å². The molecule has 1 saturated heterocycles. The molecule has 0 radical (unpaired) electrons. The first kappa shape index (κ1) is 28.5. The van der Waals surface area contributed by atoms with Gasteiger partial charge in [-0.05, 0) is 45.9 Å². The second kappa shape index (κ2) is 11.5. The number of nitrogen functional groups attached to an aromatic ring is 1.